The second-order valence-electron chi connectivity index (χ2n) is 2.67. The Bertz CT molecular complexity index is 56.8. The monoisotopic (exact) mass is 147 g/mol. The highest BCUT2D eigenvalue weighted by molar-refractivity contribution is 4.64. The molecule has 0 aliphatic carbocycles. The molecule has 0 aliphatic heterocycles. The molecule has 10 heavy (non-hydrogen) atoms. The molecule has 0 saturated carbocycles. The van der Waals surface area contributed by atoms with E-state index in [1.165, 1.54) is 0 Å². The van der Waals surface area contributed by atoms with Crippen LogP contribution in [0.2, 0.25) is 0 Å². The molecular formula is C8H21NO. The zero-order valence-corrected chi connectivity index (χ0v) is 7.86. The molecular weight excluding hydrogens is 126 g/mol. The maximum Gasteiger partial charge on any atom is 0.0603 e. The van der Waals surface area contributed by atoms with Crippen molar-refractivity contribution in [1.29, 1.82) is 0 Å². The summed E-state index contributed by atoms with van der Waals surface area (Å²) in [6.45, 7) is 8.50. The normalized spacial score (nSPS) is 10.2. The SMILES string of the molecule is CC.CNCCC(C)(C)O. The maximum atomic E-state index is 9.11. The summed E-state index contributed by atoms with van der Waals surface area (Å²) in [5.74, 6) is 0. The van der Waals surface area contributed by atoms with Gasteiger partial charge in [-0.1, -0.05) is 13.8 Å². The van der Waals surface area contributed by atoms with Crippen LogP contribution >= 0.6 is 0 Å². The van der Waals surface area contributed by atoms with Gasteiger partial charge in [0, 0.05) is 0 Å². The number of aliphatic hydroxyl groups is 1. The predicted octanol–water partition coefficient (Wildman–Crippen LogP) is 1.39. The summed E-state index contributed by atoms with van der Waals surface area (Å²) in [4.78, 5) is 0. The van der Waals surface area contributed by atoms with Crippen molar-refractivity contribution < 1.29 is 5.11 Å². The Balaban J connectivity index is 0. The number of hydrogen-bond donors (Lipinski definition) is 2. The molecule has 0 bridgehead atoms. The molecule has 0 spiro atoms. The average molecular weight is 147 g/mol. The van der Waals surface area contributed by atoms with E-state index >= 15 is 0 Å². The smallest absolute Gasteiger partial charge is 0.0603 e. The van der Waals surface area contributed by atoms with E-state index in [1.54, 1.807) is 0 Å². The molecule has 0 aromatic heterocycles. The van der Waals surface area contributed by atoms with Crippen LogP contribution in [0.3, 0.4) is 0 Å². The minimum Gasteiger partial charge on any atom is -0.390 e. The fraction of sp³-hybridized carbons (Fsp3) is 1.00. The first kappa shape index (κ1) is 12.6. The Kier molecular flexibility index (Phi) is 8.85. The van der Waals surface area contributed by atoms with E-state index in [4.69, 9.17) is 5.11 Å². The summed E-state index contributed by atoms with van der Waals surface area (Å²) < 4.78 is 0. The van der Waals surface area contributed by atoms with Crippen molar-refractivity contribution in [2.45, 2.75) is 39.7 Å². The molecule has 0 rings (SSSR count). The van der Waals surface area contributed by atoms with Crippen molar-refractivity contribution >= 4 is 0 Å². The van der Waals surface area contributed by atoms with E-state index in [1.807, 2.05) is 34.7 Å². The third kappa shape index (κ3) is 15.7. The van der Waals surface area contributed by atoms with Crippen LogP contribution in [0.1, 0.15) is 34.1 Å². The van der Waals surface area contributed by atoms with Gasteiger partial charge in [0.2, 0.25) is 0 Å². The second-order valence-corrected chi connectivity index (χ2v) is 2.67. The van der Waals surface area contributed by atoms with Gasteiger partial charge in [-0.2, -0.15) is 0 Å². The lowest BCUT2D eigenvalue weighted by Crippen LogP contribution is -2.24. The van der Waals surface area contributed by atoms with Crippen molar-refractivity contribution in [3.63, 3.8) is 0 Å². The van der Waals surface area contributed by atoms with Gasteiger partial charge in [-0.25, -0.2) is 0 Å². The largest absolute Gasteiger partial charge is 0.390 e. The van der Waals surface area contributed by atoms with Crippen LogP contribution in [0.15, 0.2) is 0 Å². The van der Waals surface area contributed by atoms with Gasteiger partial charge in [-0.3, -0.25) is 0 Å². The lowest BCUT2D eigenvalue weighted by Gasteiger charge is -2.15. The van der Waals surface area contributed by atoms with E-state index in [-0.39, 0.29) is 0 Å². The molecule has 0 atom stereocenters. The minimum absolute atomic E-state index is 0.511. The van der Waals surface area contributed by atoms with Crippen LogP contribution in [0.5, 0.6) is 0 Å². The second kappa shape index (κ2) is 7.03. The molecule has 0 heterocycles. The van der Waals surface area contributed by atoms with Crippen LogP contribution in [0.25, 0.3) is 0 Å². The summed E-state index contributed by atoms with van der Waals surface area (Å²) in [5, 5.41) is 12.1. The molecule has 64 valence electrons. The fourth-order valence-corrected chi connectivity index (χ4v) is 0.431. The Morgan fingerprint density at radius 3 is 1.80 bits per heavy atom. The van der Waals surface area contributed by atoms with Crippen molar-refractivity contribution in [3.05, 3.63) is 0 Å². The maximum absolute atomic E-state index is 9.11. The molecule has 0 saturated heterocycles. The summed E-state index contributed by atoms with van der Waals surface area (Å²) in [7, 11) is 1.88. The highest BCUT2D eigenvalue weighted by atomic mass is 16.3. The van der Waals surface area contributed by atoms with E-state index in [9.17, 15) is 0 Å². The third-order valence-electron chi connectivity index (χ3n) is 0.987. The highest BCUT2D eigenvalue weighted by Gasteiger charge is 2.09. The van der Waals surface area contributed by atoms with Crippen molar-refractivity contribution in [2.24, 2.45) is 0 Å². The number of hydrogen-bond acceptors (Lipinski definition) is 2. The summed E-state index contributed by atoms with van der Waals surface area (Å²) in [6.07, 6.45) is 0.809. The van der Waals surface area contributed by atoms with Crippen molar-refractivity contribution in [2.75, 3.05) is 13.6 Å². The average Bonchev–Trinajstić information content (AvgIpc) is 1.87. The first-order chi connectivity index (χ1) is 4.56. The lowest BCUT2D eigenvalue weighted by molar-refractivity contribution is 0.0718. The van der Waals surface area contributed by atoms with Crippen molar-refractivity contribution in [1.82, 2.24) is 5.32 Å². The number of rotatable bonds is 3. The summed E-state index contributed by atoms with van der Waals surface area (Å²) >= 11 is 0. The molecule has 2 N–H and O–H groups in total. The molecule has 0 amide bonds. The van der Waals surface area contributed by atoms with Gasteiger partial charge in [0.1, 0.15) is 0 Å². The van der Waals surface area contributed by atoms with E-state index in [0.29, 0.717) is 0 Å². The van der Waals surface area contributed by atoms with Gasteiger partial charge in [-0.15, -0.1) is 0 Å². The van der Waals surface area contributed by atoms with Gasteiger partial charge in [0.15, 0.2) is 0 Å². The van der Waals surface area contributed by atoms with Gasteiger partial charge in [0.25, 0.3) is 0 Å². The molecule has 0 aliphatic rings. The van der Waals surface area contributed by atoms with Crippen LogP contribution in [-0.2, 0) is 0 Å². The Morgan fingerprint density at radius 2 is 1.70 bits per heavy atom. The first-order valence-electron chi connectivity index (χ1n) is 3.93. The topological polar surface area (TPSA) is 32.3 Å². The van der Waals surface area contributed by atoms with Gasteiger partial charge < -0.3 is 10.4 Å². The molecule has 0 aromatic carbocycles. The molecule has 0 aromatic rings. The predicted molar refractivity (Wildman–Crippen MR) is 46.2 cm³/mol. The van der Waals surface area contributed by atoms with Crippen LogP contribution in [0.4, 0.5) is 0 Å². The van der Waals surface area contributed by atoms with E-state index in [2.05, 4.69) is 5.32 Å². The molecule has 0 unspecified atom stereocenters. The molecule has 2 heteroatoms. The molecule has 2 nitrogen and oxygen atoms in total. The van der Waals surface area contributed by atoms with Crippen molar-refractivity contribution in [3.8, 4) is 0 Å². The summed E-state index contributed by atoms with van der Waals surface area (Å²) in [5.41, 5.74) is -0.511. The fourth-order valence-electron chi connectivity index (χ4n) is 0.431. The minimum atomic E-state index is -0.511. The Hall–Kier alpha value is -0.0800. The van der Waals surface area contributed by atoms with E-state index < -0.39 is 5.60 Å². The molecule has 0 fully saturated rings. The van der Waals surface area contributed by atoms with Crippen LogP contribution < -0.4 is 5.32 Å². The highest BCUT2D eigenvalue weighted by Crippen LogP contribution is 2.04. The Labute approximate surface area is 64.6 Å². The Morgan fingerprint density at radius 1 is 1.30 bits per heavy atom. The number of nitrogens with one attached hydrogen (secondary N) is 1. The molecule has 0 radical (unpaired) electrons. The lowest BCUT2D eigenvalue weighted by atomic mass is 10.1. The summed E-state index contributed by atoms with van der Waals surface area (Å²) in [6, 6.07) is 0. The first-order valence-corrected chi connectivity index (χ1v) is 3.93. The van der Waals surface area contributed by atoms with Crippen LogP contribution in [0, 0.1) is 0 Å². The van der Waals surface area contributed by atoms with Gasteiger partial charge in [0.05, 0.1) is 5.60 Å². The quantitative estimate of drug-likeness (QED) is 0.632. The third-order valence-corrected chi connectivity index (χ3v) is 0.987. The zero-order valence-electron chi connectivity index (χ0n) is 7.86. The standard InChI is InChI=1S/C6H15NO.C2H6/c1-6(2,8)4-5-7-3;1-2/h7-8H,4-5H2,1-3H3;1-2H3. The zero-order chi connectivity index (χ0) is 8.62. The van der Waals surface area contributed by atoms with E-state index in [0.717, 1.165) is 13.0 Å². The van der Waals surface area contributed by atoms with Gasteiger partial charge >= 0.3 is 0 Å². The van der Waals surface area contributed by atoms with Crippen LogP contribution in [-0.4, -0.2) is 24.3 Å². The van der Waals surface area contributed by atoms with Gasteiger partial charge in [-0.05, 0) is 33.9 Å².